The summed E-state index contributed by atoms with van der Waals surface area (Å²) in [5, 5.41) is 3.53. The zero-order chi connectivity index (χ0) is 12.8. The van der Waals surface area contributed by atoms with Crippen LogP contribution in [0.15, 0.2) is 0 Å². The predicted molar refractivity (Wildman–Crippen MR) is 71.9 cm³/mol. The molecule has 0 heterocycles. The SMILES string of the molecule is CCC(C)(CCOC(C)(C)C)CNC(C)C. The van der Waals surface area contributed by atoms with Gasteiger partial charge in [0.1, 0.15) is 0 Å². The molecule has 1 atom stereocenters. The summed E-state index contributed by atoms with van der Waals surface area (Å²) >= 11 is 0. The van der Waals surface area contributed by atoms with Gasteiger partial charge >= 0.3 is 0 Å². The van der Waals surface area contributed by atoms with E-state index >= 15 is 0 Å². The molecule has 1 unspecified atom stereocenters. The van der Waals surface area contributed by atoms with Crippen LogP contribution in [-0.4, -0.2) is 24.8 Å². The van der Waals surface area contributed by atoms with Crippen LogP contribution in [-0.2, 0) is 4.74 Å². The van der Waals surface area contributed by atoms with Gasteiger partial charge in [-0.05, 0) is 39.0 Å². The largest absolute Gasteiger partial charge is 0.376 e. The van der Waals surface area contributed by atoms with Crippen molar-refractivity contribution in [2.75, 3.05) is 13.2 Å². The lowest BCUT2D eigenvalue weighted by molar-refractivity contribution is -0.0176. The van der Waals surface area contributed by atoms with Crippen LogP contribution in [0.2, 0.25) is 0 Å². The van der Waals surface area contributed by atoms with Crippen molar-refractivity contribution in [2.24, 2.45) is 5.41 Å². The number of hydrogen-bond donors (Lipinski definition) is 1. The average Bonchev–Trinajstić information content (AvgIpc) is 2.13. The van der Waals surface area contributed by atoms with E-state index in [1.54, 1.807) is 0 Å². The molecule has 0 saturated carbocycles. The van der Waals surface area contributed by atoms with E-state index in [1.807, 2.05) is 0 Å². The van der Waals surface area contributed by atoms with Crippen LogP contribution in [0.25, 0.3) is 0 Å². The van der Waals surface area contributed by atoms with E-state index in [1.165, 1.54) is 6.42 Å². The van der Waals surface area contributed by atoms with E-state index in [4.69, 9.17) is 4.74 Å². The van der Waals surface area contributed by atoms with Gasteiger partial charge in [0.2, 0.25) is 0 Å². The molecule has 0 aliphatic heterocycles. The Morgan fingerprint density at radius 1 is 1.12 bits per heavy atom. The fraction of sp³-hybridized carbons (Fsp3) is 1.00. The van der Waals surface area contributed by atoms with Crippen molar-refractivity contribution in [1.29, 1.82) is 0 Å². The first-order valence-corrected chi connectivity index (χ1v) is 6.56. The zero-order valence-electron chi connectivity index (χ0n) is 12.3. The van der Waals surface area contributed by atoms with Gasteiger partial charge in [-0.3, -0.25) is 0 Å². The lowest BCUT2D eigenvalue weighted by Gasteiger charge is -2.31. The Kier molecular flexibility index (Phi) is 6.57. The molecule has 0 rings (SSSR count). The smallest absolute Gasteiger partial charge is 0.0598 e. The maximum atomic E-state index is 5.81. The maximum absolute atomic E-state index is 5.81. The van der Waals surface area contributed by atoms with Gasteiger partial charge in [-0.1, -0.05) is 27.7 Å². The van der Waals surface area contributed by atoms with E-state index in [0.29, 0.717) is 11.5 Å². The lowest BCUT2D eigenvalue weighted by atomic mass is 9.84. The molecule has 0 aliphatic rings. The minimum atomic E-state index is -0.0138. The van der Waals surface area contributed by atoms with Crippen LogP contribution >= 0.6 is 0 Å². The first-order valence-electron chi connectivity index (χ1n) is 6.56. The molecule has 0 radical (unpaired) electrons. The van der Waals surface area contributed by atoms with Gasteiger partial charge in [-0.25, -0.2) is 0 Å². The monoisotopic (exact) mass is 229 g/mol. The van der Waals surface area contributed by atoms with Crippen LogP contribution in [0, 0.1) is 5.41 Å². The van der Waals surface area contributed by atoms with E-state index in [2.05, 4.69) is 53.8 Å². The second kappa shape index (κ2) is 6.61. The van der Waals surface area contributed by atoms with Gasteiger partial charge < -0.3 is 10.1 Å². The molecular formula is C14H31NO. The Bertz CT molecular complexity index is 184. The molecule has 0 aromatic carbocycles. The predicted octanol–water partition coefficient (Wildman–Crippen LogP) is 3.61. The molecule has 0 bridgehead atoms. The standard InChI is InChI=1S/C14H31NO/c1-8-14(7,11-15-12(2)3)9-10-16-13(4,5)6/h12,15H,8-11H2,1-7H3. The third-order valence-corrected chi connectivity index (χ3v) is 3.03. The van der Waals surface area contributed by atoms with Crippen LogP contribution in [0.1, 0.15) is 61.3 Å². The maximum Gasteiger partial charge on any atom is 0.0598 e. The molecule has 0 aliphatic carbocycles. The minimum Gasteiger partial charge on any atom is -0.376 e. The van der Waals surface area contributed by atoms with Crippen molar-refractivity contribution in [3.8, 4) is 0 Å². The molecule has 0 spiro atoms. The summed E-state index contributed by atoms with van der Waals surface area (Å²) in [4.78, 5) is 0. The second-order valence-electron chi connectivity index (χ2n) is 6.41. The molecule has 16 heavy (non-hydrogen) atoms. The normalized spacial score (nSPS) is 16.5. The van der Waals surface area contributed by atoms with E-state index in [0.717, 1.165) is 19.6 Å². The molecular weight excluding hydrogens is 198 g/mol. The number of ether oxygens (including phenoxy) is 1. The summed E-state index contributed by atoms with van der Waals surface area (Å²) in [6.07, 6.45) is 2.32. The quantitative estimate of drug-likeness (QED) is 0.720. The van der Waals surface area contributed by atoms with Gasteiger partial charge in [0.05, 0.1) is 5.60 Å². The highest BCUT2D eigenvalue weighted by Crippen LogP contribution is 2.25. The van der Waals surface area contributed by atoms with E-state index in [9.17, 15) is 0 Å². The average molecular weight is 229 g/mol. The molecule has 0 fully saturated rings. The fourth-order valence-electron chi connectivity index (χ4n) is 1.44. The summed E-state index contributed by atoms with van der Waals surface area (Å²) < 4.78 is 5.81. The highest BCUT2D eigenvalue weighted by molar-refractivity contribution is 4.76. The van der Waals surface area contributed by atoms with Crippen LogP contribution in [0.5, 0.6) is 0 Å². The van der Waals surface area contributed by atoms with Crippen molar-refractivity contribution < 1.29 is 4.74 Å². The van der Waals surface area contributed by atoms with Gasteiger partial charge in [0.25, 0.3) is 0 Å². The lowest BCUT2D eigenvalue weighted by Crippen LogP contribution is -2.36. The third kappa shape index (κ3) is 8.12. The summed E-state index contributed by atoms with van der Waals surface area (Å²) in [5.74, 6) is 0. The summed E-state index contributed by atoms with van der Waals surface area (Å²) in [6.45, 7) is 17.3. The van der Waals surface area contributed by atoms with Crippen molar-refractivity contribution >= 4 is 0 Å². The van der Waals surface area contributed by atoms with Gasteiger partial charge in [-0.15, -0.1) is 0 Å². The summed E-state index contributed by atoms with van der Waals surface area (Å²) in [6, 6.07) is 0.564. The molecule has 0 aromatic rings. The van der Waals surface area contributed by atoms with Crippen LogP contribution in [0.4, 0.5) is 0 Å². The first-order chi connectivity index (χ1) is 7.18. The molecule has 2 heteroatoms. The zero-order valence-corrected chi connectivity index (χ0v) is 12.3. The minimum absolute atomic E-state index is 0.0138. The van der Waals surface area contributed by atoms with Gasteiger partial charge in [0, 0.05) is 19.2 Å². The van der Waals surface area contributed by atoms with E-state index in [-0.39, 0.29) is 5.60 Å². The molecule has 2 nitrogen and oxygen atoms in total. The van der Waals surface area contributed by atoms with Crippen molar-refractivity contribution in [3.05, 3.63) is 0 Å². The topological polar surface area (TPSA) is 21.3 Å². The molecule has 0 amide bonds. The summed E-state index contributed by atoms with van der Waals surface area (Å²) in [5.41, 5.74) is 0.343. The van der Waals surface area contributed by atoms with Crippen LogP contribution in [0.3, 0.4) is 0 Å². The highest BCUT2D eigenvalue weighted by Gasteiger charge is 2.23. The van der Waals surface area contributed by atoms with Crippen molar-refractivity contribution in [2.45, 2.75) is 73.0 Å². The Balaban J connectivity index is 3.97. The van der Waals surface area contributed by atoms with Crippen LogP contribution < -0.4 is 5.32 Å². The van der Waals surface area contributed by atoms with Crippen molar-refractivity contribution in [1.82, 2.24) is 5.32 Å². The summed E-state index contributed by atoms with van der Waals surface area (Å²) in [7, 11) is 0. The Labute approximate surface area is 102 Å². The molecule has 1 N–H and O–H groups in total. The third-order valence-electron chi connectivity index (χ3n) is 3.03. The fourth-order valence-corrected chi connectivity index (χ4v) is 1.44. The molecule has 0 aromatic heterocycles. The first kappa shape index (κ1) is 15.9. The van der Waals surface area contributed by atoms with Gasteiger partial charge in [-0.2, -0.15) is 0 Å². The number of rotatable bonds is 7. The van der Waals surface area contributed by atoms with E-state index < -0.39 is 0 Å². The second-order valence-corrected chi connectivity index (χ2v) is 6.41. The molecule has 0 saturated heterocycles. The van der Waals surface area contributed by atoms with Crippen molar-refractivity contribution in [3.63, 3.8) is 0 Å². The molecule has 98 valence electrons. The number of hydrogen-bond acceptors (Lipinski definition) is 2. The van der Waals surface area contributed by atoms with Gasteiger partial charge in [0.15, 0.2) is 0 Å². The Morgan fingerprint density at radius 2 is 1.69 bits per heavy atom. The Morgan fingerprint density at radius 3 is 2.06 bits per heavy atom. The Hall–Kier alpha value is -0.0800. The highest BCUT2D eigenvalue weighted by atomic mass is 16.5. The number of nitrogens with one attached hydrogen (secondary N) is 1.